The van der Waals surface area contributed by atoms with Crippen molar-refractivity contribution >= 4 is 34.9 Å². The van der Waals surface area contributed by atoms with E-state index in [0.717, 1.165) is 12.2 Å². The molecule has 2 N–H and O–H groups in total. The molecule has 0 saturated heterocycles. The third-order valence-electron chi connectivity index (χ3n) is 3.73. The summed E-state index contributed by atoms with van der Waals surface area (Å²) in [6.45, 7) is 3.06. The van der Waals surface area contributed by atoms with Crippen molar-refractivity contribution in [1.29, 1.82) is 0 Å². The Morgan fingerprint density at radius 2 is 1.60 bits per heavy atom. The summed E-state index contributed by atoms with van der Waals surface area (Å²) in [7, 11) is 0. The summed E-state index contributed by atoms with van der Waals surface area (Å²) < 4.78 is 16.2. The molecule has 0 saturated carbocycles. The number of amides is 1. The topological polar surface area (TPSA) is 85.9 Å². The second kappa shape index (κ2) is 13.2. The minimum Gasteiger partial charge on any atom is -0.490 e. The lowest BCUT2D eigenvalue weighted by Gasteiger charge is -2.12. The van der Waals surface area contributed by atoms with Gasteiger partial charge in [0.25, 0.3) is 0 Å². The molecule has 7 nitrogen and oxygen atoms in total. The fourth-order valence-corrected chi connectivity index (χ4v) is 2.59. The molecular formula is C22H26N2O5S. The van der Waals surface area contributed by atoms with E-state index in [1.807, 2.05) is 49.4 Å². The average molecular weight is 431 g/mol. The van der Waals surface area contributed by atoms with Crippen LogP contribution in [-0.2, 0) is 14.3 Å². The predicted octanol–water partition coefficient (Wildman–Crippen LogP) is 3.69. The average Bonchev–Trinajstić information content (AvgIpc) is 2.74. The first-order valence-corrected chi connectivity index (χ1v) is 10.1. The first-order valence-electron chi connectivity index (χ1n) is 9.74. The minimum absolute atomic E-state index is 0.00886. The van der Waals surface area contributed by atoms with E-state index in [4.69, 9.17) is 26.4 Å². The van der Waals surface area contributed by atoms with E-state index in [1.54, 1.807) is 12.1 Å². The molecule has 0 aliphatic rings. The Morgan fingerprint density at radius 3 is 2.33 bits per heavy atom. The van der Waals surface area contributed by atoms with Crippen LogP contribution >= 0.6 is 12.2 Å². The molecule has 0 radical (unpaired) electrons. The van der Waals surface area contributed by atoms with E-state index in [-0.39, 0.29) is 23.9 Å². The Hall–Kier alpha value is -3.13. The van der Waals surface area contributed by atoms with Gasteiger partial charge in [-0.05, 0) is 42.9 Å². The van der Waals surface area contributed by atoms with Gasteiger partial charge in [-0.2, -0.15) is 0 Å². The normalized spacial score (nSPS) is 10.0. The highest BCUT2D eigenvalue weighted by molar-refractivity contribution is 7.80. The van der Waals surface area contributed by atoms with Gasteiger partial charge >= 0.3 is 5.97 Å². The van der Waals surface area contributed by atoms with Gasteiger partial charge in [0.05, 0.1) is 13.0 Å². The van der Waals surface area contributed by atoms with E-state index in [1.165, 1.54) is 0 Å². The molecule has 0 aliphatic carbocycles. The van der Waals surface area contributed by atoms with Crippen molar-refractivity contribution < 1.29 is 23.8 Å². The molecule has 2 aromatic rings. The van der Waals surface area contributed by atoms with Crippen LogP contribution in [0, 0.1) is 0 Å². The van der Waals surface area contributed by atoms with E-state index in [0.29, 0.717) is 31.3 Å². The zero-order valence-corrected chi connectivity index (χ0v) is 17.7. The predicted molar refractivity (Wildman–Crippen MR) is 119 cm³/mol. The summed E-state index contributed by atoms with van der Waals surface area (Å²) in [5, 5.41) is 5.61. The molecule has 2 aromatic carbocycles. The Labute approximate surface area is 181 Å². The van der Waals surface area contributed by atoms with Crippen LogP contribution in [0.15, 0.2) is 54.6 Å². The third-order valence-corrected chi connectivity index (χ3v) is 3.94. The van der Waals surface area contributed by atoms with Crippen LogP contribution in [0.5, 0.6) is 11.5 Å². The number of para-hydroxylation sites is 1. The quantitative estimate of drug-likeness (QED) is 0.319. The maximum atomic E-state index is 11.9. The number of hydrogen-bond acceptors (Lipinski definition) is 6. The number of thiocarbonyl (C=S) groups is 1. The molecule has 0 aromatic heterocycles. The number of nitrogens with one attached hydrogen (secondary N) is 2. The maximum Gasteiger partial charge on any atom is 0.306 e. The lowest BCUT2D eigenvalue weighted by atomic mass is 10.3. The SMILES string of the molecule is CCCOC(=O)CCC(=O)NC(=S)Nc1cccc(OCCOc2ccccc2)c1. The molecule has 8 heteroatoms. The highest BCUT2D eigenvalue weighted by Gasteiger charge is 2.09. The Bertz CT molecular complexity index is 829. The van der Waals surface area contributed by atoms with Crippen LogP contribution in [0.2, 0.25) is 0 Å². The standard InChI is InChI=1S/C22H26N2O5S/c1-2-13-29-21(26)12-11-20(25)24-22(30)23-17-7-6-10-19(16-17)28-15-14-27-18-8-4-3-5-9-18/h3-10,16H,2,11-15H2,1H3,(H2,23,24,25,30). The van der Waals surface area contributed by atoms with Crippen molar-refractivity contribution in [3.8, 4) is 11.5 Å². The number of carbonyl (C=O) groups is 2. The van der Waals surface area contributed by atoms with Crippen molar-refractivity contribution in [3.63, 3.8) is 0 Å². The summed E-state index contributed by atoms with van der Waals surface area (Å²) in [6, 6.07) is 16.7. The Balaban J connectivity index is 1.70. The molecule has 0 spiro atoms. The van der Waals surface area contributed by atoms with Crippen molar-refractivity contribution in [2.75, 3.05) is 25.1 Å². The number of esters is 1. The summed E-state index contributed by atoms with van der Waals surface area (Å²) in [5.41, 5.74) is 0.670. The fraction of sp³-hybridized carbons (Fsp3) is 0.318. The zero-order valence-electron chi connectivity index (χ0n) is 16.9. The van der Waals surface area contributed by atoms with Gasteiger partial charge in [-0.1, -0.05) is 31.2 Å². The van der Waals surface area contributed by atoms with Crippen LogP contribution in [-0.4, -0.2) is 36.8 Å². The lowest BCUT2D eigenvalue weighted by molar-refractivity contribution is -0.144. The zero-order chi connectivity index (χ0) is 21.6. The van der Waals surface area contributed by atoms with Gasteiger partial charge in [0.2, 0.25) is 5.91 Å². The number of benzene rings is 2. The monoisotopic (exact) mass is 430 g/mol. The summed E-state index contributed by atoms with van der Waals surface area (Å²) in [6.07, 6.45) is 0.770. The first kappa shape index (κ1) is 23.2. The van der Waals surface area contributed by atoms with E-state index >= 15 is 0 Å². The van der Waals surface area contributed by atoms with Crippen LogP contribution in [0.4, 0.5) is 5.69 Å². The van der Waals surface area contributed by atoms with Crippen molar-refractivity contribution in [2.24, 2.45) is 0 Å². The largest absolute Gasteiger partial charge is 0.490 e. The van der Waals surface area contributed by atoms with Crippen LogP contribution in [0.3, 0.4) is 0 Å². The number of anilines is 1. The summed E-state index contributed by atoms with van der Waals surface area (Å²) in [5.74, 6) is 0.680. The minimum atomic E-state index is -0.396. The van der Waals surface area contributed by atoms with Crippen molar-refractivity contribution in [3.05, 3.63) is 54.6 Å². The van der Waals surface area contributed by atoms with Gasteiger partial charge in [-0.15, -0.1) is 0 Å². The van der Waals surface area contributed by atoms with Crippen LogP contribution < -0.4 is 20.1 Å². The van der Waals surface area contributed by atoms with Gasteiger partial charge in [-0.3, -0.25) is 9.59 Å². The Morgan fingerprint density at radius 1 is 0.900 bits per heavy atom. The molecule has 2 rings (SSSR count). The molecular weight excluding hydrogens is 404 g/mol. The smallest absolute Gasteiger partial charge is 0.306 e. The van der Waals surface area contributed by atoms with Gasteiger partial charge in [-0.25, -0.2) is 0 Å². The van der Waals surface area contributed by atoms with Crippen molar-refractivity contribution in [2.45, 2.75) is 26.2 Å². The Kier molecular flexibility index (Phi) is 10.2. The van der Waals surface area contributed by atoms with Gasteiger partial charge < -0.3 is 24.8 Å². The molecule has 0 aliphatic heterocycles. The van der Waals surface area contributed by atoms with E-state index in [2.05, 4.69) is 10.6 Å². The fourth-order valence-electron chi connectivity index (χ4n) is 2.35. The number of hydrogen-bond donors (Lipinski definition) is 2. The summed E-state index contributed by atoms with van der Waals surface area (Å²) >= 11 is 5.15. The van der Waals surface area contributed by atoms with Crippen molar-refractivity contribution in [1.82, 2.24) is 5.32 Å². The molecule has 0 heterocycles. The number of rotatable bonds is 11. The molecule has 0 fully saturated rings. The van der Waals surface area contributed by atoms with E-state index < -0.39 is 5.97 Å². The first-order chi connectivity index (χ1) is 14.6. The van der Waals surface area contributed by atoms with Gasteiger partial charge in [0.1, 0.15) is 24.7 Å². The second-order valence-corrected chi connectivity index (χ2v) is 6.67. The summed E-state index contributed by atoms with van der Waals surface area (Å²) in [4.78, 5) is 23.3. The van der Waals surface area contributed by atoms with Crippen LogP contribution in [0.25, 0.3) is 0 Å². The molecule has 0 unspecified atom stereocenters. The molecule has 160 valence electrons. The molecule has 1 amide bonds. The highest BCUT2D eigenvalue weighted by Crippen LogP contribution is 2.17. The molecule has 30 heavy (non-hydrogen) atoms. The second-order valence-electron chi connectivity index (χ2n) is 6.26. The number of carbonyl (C=O) groups excluding carboxylic acids is 2. The third kappa shape index (κ3) is 9.38. The van der Waals surface area contributed by atoms with Gasteiger partial charge in [0.15, 0.2) is 5.11 Å². The molecule has 0 atom stereocenters. The number of ether oxygens (including phenoxy) is 3. The molecule has 0 bridgehead atoms. The highest BCUT2D eigenvalue weighted by atomic mass is 32.1. The lowest BCUT2D eigenvalue weighted by Crippen LogP contribution is -2.34. The van der Waals surface area contributed by atoms with Crippen LogP contribution in [0.1, 0.15) is 26.2 Å². The maximum absolute atomic E-state index is 11.9. The van der Waals surface area contributed by atoms with Gasteiger partial charge in [0, 0.05) is 18.2 Å². The van der Waals surface area contributed by atoms with E-state index in [9.17, 15) is 9.59 Å².